The zero-order chi connectivity index (χ0) is 18.8. The first-order valence-electron chi connectivity index (χ1n) is 8.14. The Balaban J connectivity index is 1.99. The van der Waals surface area contributed by atoms with Crippen LogP contribution in [0.15, 0.2) is 54.6 Å². The largest absolute Gasteiger partial charge is 0.508 e. The topological polar surface area (TPSA) is 90.9 Å². The van der Waals surface area contributed by atoms with Gasteiger partial charge in [0.25, 0.3) is 0 Å². The van der Waals surface area contributed by atoms with Gasteiger partial charge in [-0.1, -0.05) is 48.6 Å². The van der Waals surface area contributed by atoms with Crippen molar-refractivity contribution in [2.45, 2.75) is 25.2 Å². The number of nitrogens with one attached hydrogen (secondary N) is 1. The second-order valence-corrected chi connectivity index (χ2v) is 5.60. The van der Waals surface area contributed by atoms with E-state index in [-0.39, 0.29) is 6.61 Å². The van der Waals surface area contributed by atoms with Crippen molar-refractivity contribution in [3.05, 3.63) is 60.2 Å². The van der Waals surface area contributed by atoms with Gasteiger partial charge in [-0.3, -0.25) is 4.79 Å². The van der Waals surface area contributed by atoms with Crippen LogP contribution in [0.5, 0.6) is 0 Å². The Labute approximate surface area is 151 Å². The summed E-state index contributed by atoms with van der Waals surface area (Å²) in [6.45, 7) is 0.139. The number of amides is 1. The first kappa shape index (κ1) is 19.2. The normalized spacial score (nSPS) is 21.8. The zero-order valence-electron chi connectivity index (χ0n) is 14.4. The van der Waals surface area contributed by atoms with Gasteiger partial charge in [-0.15, -0.1) is 0 Å². The van der Waals surface area contributed by atoms with Crippen molar-refractivity contribution in [3.63, 3.8) is 0 Å². The maximum absolute atomic E-state index is 12.1. The van der Waals surface area contributed by atoms with Crippen LogP contribution in [0.4, 0.5) is 9.59 Å². The minimum atomic E-state index is -0.819. The lowest BCUT2D eigenvalue weighted by Gasteiger charge is -2.32. The third-order valence-electron chi connectivity index (χ3n) is 3.88. The number of aldehydes is 1. The first-order chi connectivity index (χ1) is 12.6. The molecule has 1 N–H and O–H groups in total. The lowest BCUT2D eigenvalue weighted by molar-refractivity contribution is -0.104. The number of allylic oxidation sites excluding steroid dienone is 1. The fourth-order valence-electron chi connectivity index (χ4n) is 2.64. The zero-order valence-corrected chi connectivity index (χ0v) is 14.4. The molecule has 138 valence electrons. The molecule has 0 aromatic heterocycles. The van der Waals surface area contributed by atoms with Crippen LogP contribution in [0, 0.1) is 5.92 Å². The van der Waals surface area contributed by atoms with Crippen LogP contribution in [-0.2, 0) is 25.6 Å². The molecule has 26 heavy (non-hydrogen) atoms. The van der Waals surface area contributed by atoms with E-state index in [1.807, 2.05) is 30.3 Å². The molecule has 7 nitrogen and oxygen atoms in total. The SMILES string of the molecule is COC(=O)OC1CC=CC(NC(=O)OCc2ccccc2)C1C=CC=O. The number of rotatable bonds is 6. The van der Waals surface area contributed by atoms with E-state index in [9.17, 15) is 14.4 Å². The monoisotopic (exact) mass is 359 g/mol. The van der Waals surface area contributed by atoms with Gasteiger partial charge in [0.05, 0.1) is 13.2 Å². The predicted molar refractivity (Wildman–Crippen MR) is 93.3 cm³/mol. The molecular formula is C19H21NO6. The van der Waals surface area contributed by atoms with Gasteiger partial charge in [0.15, 0.2) is 0 Å². The van der Waals surface area contributed by atoms with Crippen molar-refractivity contribution >= 4 is 18.5 Å². The Morgan fingerprint density at radius 3 is 2.73 bits per heavy atom. The number of benzene rings is 1. The summed E-state index contributed by atoms with van der Waals surface area (Å²) in [7, 11) is 1.22. The van der Waals surface area contributed by atoms with Crippen LogP contribution >= 0.6 is 0 Å². The van der Waals surface area contributed by atoms with Gasteiger partial charge in [0.2, 0.25) is 0 Å². The minimum Gasteiger partial charge on any atom is -0.445 e. The molecule has 1 aliphatic carbocycles. The molecule has 0 saturated carbocycles. The molecule has 2 rings (SSSR count). The Kier molecular flexibility index (Phi) is 7.42. The Bertz CT molecular complexity index is 670. The fourth-order valence-corrected chi connectivity index (χ4v) is 2.64. The van der Waals surface area contributed by atoms with Crippen molar-refractivity contribution in [1.29, 1.82) is 0 Å². The molecule has 1 aromatic carbocycles. The molecule has 1 aromatic rings. The van der Waals surface area contributed by atoms with Crippen molar-refractivity contribution in [2.24, 2.45) is 5.92 Å². The molecule has 0 spiro atoms. The molecule has 3 unspecified atom stereocenters. The van der Waals surface area contributed by atoms with E-state index in [1.54, 1.807) is 18.2 Å². The van der Waals surface area contributed by atoms with E-state index in [0.717, 1.165) is 5.56 Å². The van der Waals surface area contributed by atoms with Crippen LogP contribution in [0.2, 0.25) is 0 Å². The number of carbonyl (C=O) groups excluding carboxylic acids is 3. The van der Waals surface area contributed by atoms with E-state index in [1.165, 1.54) is 13.2 Å². The van der Waals surface area contributed by atoms with Crippen molar-refractivity contribution in [1.82, 2.24) is 5.32 Å². The number of alkyl carbamates (subject to hydrolysis) is 1. The third kappa shape index (κ3) is 5.77. The Morgan fingerprint density at radius 2 is 2.04 bits per heavy atom. The lowest BCUT2D eigenvalue weighted by Crippen LogP contribution is -2.46. The average Bonchev–Trinajstić information content (AvgIpc) is 2.66. The van der Waals surface area contributed by atoms with Crippen LogP contribution in [-0.4, -0.2) is 37.8 Å². The van der Waals surface area contributed by atoms with Gasteiger partial charge in [-0.2, -0.15) is 0 Å². The van der Waals surface area contributed by atoms with Crippen molar-refractivity contribution in [2.75, 3.05) is 7.11 Å². The summed E-state index contributed by atoms with van der Waals surface area (Å²) in [4.78, 5) is 34.2. The number of carbonyl (C=O) groups is 3. The summed E-state index contributed by atoms with van der Waals surface area (Å²) in [6.07, 6.45) is 5.54. The summed E-state index contributed by atoms with van der Waals surface area (Å²) in [5.74, 6) is -0.423. The molecule has 0 aliphatic heterocycles. The quantitative estimate of drug-likeness (QED) is 0.363. The smallest absolute Gasteiger partial charge is 0.445 e. The summed E-state index contributed by atoms with van der Waals surface area (Å²) in [5.41, 5.74) is 0.867. The third-order valence-corrected chi connectivity index (χ3v) is 3.88. The number of hydrogen-bond donors (Lipinski definition) is 1. The standard InChI is InChI=1S/C19H21NO6/c1-24-19(23)26-17-11-5-10-16(15(17)9-6-12-21)20-18(22)25-13-14-7-3-2-4-8-14/h2-10,12,15-17H,11,13H2,1H3,(H,20,22). The van der Waals surface area contributed by atoms with E-state index in [4.69, 9.17) is 9.47 Å². The van der Waals surface area contributed by atoms with E-state index >= 15 is 0 Å². The number of hydrogen-bond acceptors (Lipinski definition) is 6. The minimum absolute atomic E-state index is 0.139. The Hall–Kier alpha value is -3.09. The summed E-state index contributed by atoms with van der Waals surface area (Å²) in [6, 6.07) is 8.80. The van der Waals surface area contributed by atoms with Gasteiger partial charge in [-0.05, 0) is 11.6 Å². The lowest BCUT2D eigenvalue weighted by atomic mass is 9.86. The first-order valence-corrected chi connectivity index (χ1v) is 8.14. The average molecular weight is 359 g/mol. The van der Waals surface area contributed by atoms with Crippen LogP contribution < -0.4 is 5.32 Å². The molecule has 7 heteroatoms. The highest BCUT2D eigenvalue weighted by Gasteiger charge is 2.33. The van der Waals surface area contributed by atoms with Crippen molar-refractivity contribution < 1.29 is 28.6 Å². The van der Waals surface area contributed by atoms with E-state index in [2.05, 4.69) is 10.1 Å². The molecule has 0 radical (unpaired) electrons. The highest BCUT2D eigenvalue weighted by Crippen LogP contribution is 2.24. The number of ether oxygens (including phenoxy) is 3. The molecule has 1 amide bonds. The maximum atomic E-state index is 12.1. The van der Waals surface area contributed by atoms with Gasteiger partial charge >= 0.3 is 12.2 Å². The van der Waals surface area contributed by atoms with Crippen LogP contribution in [0.25, 0.3) is 0 Å². The van der Waals surface area contributed by atoms with E-state index < -0.39 is 30.3 Å². The van der Waals surface area contributed by atoms with Crippen LogP contribution in [0.1, 0.15) is 12.0 Å². The molecular weight excluding hydrogens is 338 g/mol. The van der Waals surface area contributed by atoms with Gasteiger partial charge in [0, 0.05) is 12.3 Å². The van der Waals surface area contributed by atoms with Gasteiger partial charge in [-0.25, -0.2) is 9.59 Å². The number of methoxy groups -OCH3 is 1. The van der Waals surface area contributed by atoms with Crippen LogP contribution in [0.3, 0.4) is 0 Å². The highest BCUT2D eigenvalue weighted by atomic mass is 16.7. The highest BCUT2D eigenvalue weighted by molar-refractivity contribution is 5.68. The predicted octanol–water partition coefficient (Wildman–Crippen LogP) is 2.76. The molecule has 3 atom stereocenters. The second-order valence-electron chi connectivity index (χ2n) is 5.60. The van der Waals surface area contributed by atoms with Gasteiger partial charge in [0.1, 0.15) is 19.0 Å². The van der Waals surface area contributed by atoms with E-state index in [0.29, 0.717) is 12.7 Å². The summed E-state index contributed by atoms with van der Waals surface area (Å²) < 4.78 is 14.9. The molecule has 0 bridgehead atoms. The summed E-state index contributed by atoms with van der Waals surface area (Å²) >= 11 is 0. The second kappa shape index (κ2) is 10.0. The van der Waals surface area contributed by atoms with Crippen molar-refractivity contribution in [3.8, 4) is 0 Å². The van der Waals surface area contributed by atoms with Gasteiger partial charge < -0.3 is 19.5 Å². The Morgan fingerprint density at radius 1 is 1.27 bits per heavy atom. The maximum Gasteiger partial charge on any atom is 0.508 e. The summed E-state index contributed by atoms with van der Waals surface area (Å²) in [5, 5.41) is 2.72. The molecule has 0 saturated heterocycles. The molecule has 0 heterocycles. The molecule has 0 fully saturated rings. The fraction of sp³-hybridized carbons (Fsp3) is 0.316. The molecule has 1 aliphatic rings.